The first kappa shape index (κ1) is 29.2. The Bertz CT molecular complexity index is 1410. The third-order valence-electron chi connectivity index (χ3n) is 6.27. The molecule has 0 aliphatic carbocycles. The summed E-state index contributed by atoms with van der Waals surface area (Å²) in [5, 5.41) is 3.25. The van der Waals surface area contributed by atoms with Crippen molar-refractivity contribution in [1.82, 2.24) is 10.2 Å². The lowest BCUT2D eigenvalue weighted by atomic mass is 10.1. The molecule has 0 saturated heterocycles. The van der Waals surface area contributed by atoms with Gasteiger partial charge in [0.2, 0.25) is 11.8 Å². The molecule has 0 fully saturated rings. The Labute approximate surface area is 230 Å². The fourth-order valence-electron chi connectivity index (χ4n) is 4.17. The van der Waals surface area contributed by atoms with Gasteiger partial charge in [-0.1, -0.05) is 59.1 Å². The molecule has 0 aromatic heterocycles. The molecule has 2 amide bonds. The van der Waals surface area contributed by atoms with Crippen molar-refractivity contribution in [2.75, 3.05) is 17.4 Å². The number of rotatable bonds is 10. The SMILES string of the molecule is CCNC(=O)[C@H](C)N(Cc1cccc(Cl)c1)C(=O)CN(c1ccc(C)cc1C)S(=O)(=O)c1ccc(C)cc1. The number of anilines is 1. The van der Waals surface area contributed by atoms with Crippen molar-refractivity contribution in [2.45, 2.75) is 52.1 Å². The number of likely N-dealkylation sites (N-methyl/N-ethyl adjacent to an activating group) is 1. The maximum absolute atomic E-state index is 13.9. The molecule has 0 aliphatic rings. The largest absolute Gasteiger partial charge is 0.355 e. The van der Waals surface area contributed by atoms with Crippen LogP contribution in [0.15, 0.2) is 71.6 Å². The highest BCUT2D eigenvalue weighted by molar-refractivity contribution is 7.92. The van der Waals surface area contributed by atoms with Crippen molar-refractivity contribution in [3.8, 4) is 0 Å². The van der Waals surface area contributed by atoms with Gasteiger partial charge in [0.25, 0.3) is 10.0 Å². The summed E-state index contributed by atoms with van der Waals surface area (Å²) < 4.78 is 28.9. The highest BCUT2D eigenvalue weighted by Crippen LogP contribution is 2.28. The molecule has 202 valence electrons. The number of sulfonamides is 1. The fourth-order valence-corrected chi connectivity index (χ4v) is 5.86. The van der Waals surface area contributed by atoms with Gasteiger partial charge in [-0.25, -0.2) is 8.42 Å². The number of nitrogens with zero attached hydrogens (tertiary/aromatic N) is 2. The van der Waals surface area contributed by atoms with E-state index in [1.165, 1.54) is 17.0 Å². The van der Waals surface area contributed by atoms with Crippen molar-refractivity contribution >= 4 is 39.1 Å². The molecule has 0 bridgehead atoms. The van der Waals surface area contributed by atoms with Gasteiger partial charge in [-0.3, -0.25) is 13.9 Å². The first-order chi connectivity index (χ1) is 17.9. The van der Waals surface area contributed by atoms with Gasteiger partial charge in [-0.2, -0.15) is 0 Å². The summed E-state index contributed by atoms with van der Waals surface area (Å²) in [7, 11) is -4.11. The monoisotopic (exact) mass is 555 g/mol. The standard InChI is InChI=1S/C29H34ClN3O4S/c1-6-31-29(35)23(5)32(18-24-8-7-9-25(30)17-24)28(34)19-33(27-15-12-21(3)16-22(27)4)38(36,37)26-13-10-20(2)11-14-26/h7-17,23H,6,18-19H2,1-5H3,(H,31,35)/t23-/m0/s1. The molecule has 9 heteroatoms. The van der Waals surface area contributed by atoms with Crippen LogP contribution in [-0.2, 0) is 26.2 Å². The maximum Gasteiger partial charge on any atom is 0.264 e. The number of amides is 2. The van der Waals surface area contributed by atoms with Gasteiger partial charge in [-0.15, -0.1) is 0 Å². The number of hydrogen-bond acceptors (Lipinski definition) is 4. The minimum absolute atomic E-state index is 0.0778. The summed E-state index contributed by atoms with van der Waals surface area (Å²) in [6.45, 7) is 9.03. The molecule has 0 saturated carbocycles. The van der Waals surface area contributed by atoms with Gasteiger partial charge in [0.1, 0.15) is 12.6 Å². The third-order valence-corrected chi connectivity index (χ3v) is 8.28. The zero-order valence-electron chi connectivity index (χ0n) is 22.4. The zero-order valence-corrected chi connectivity index (χ0v) is 23.9. The van der Waals surface area contributed by atoms with Crippen LogP contribution < -0.4 is 9.62 Å². The molecule has 0 heterocycles. The lowest BCUT2D eigenvalue weighted by Crippen LogP contribution is -2.51. The summed E-state index contributed by atoms with van der Waals surface area (Å²) in [5.74, 6) is -0.846. The van der Waals surface area contributed by atoms with E-state index in [2.05, 4.69) is 5.32 Å². The quantitative estimate of drug-likeness (QED) is 0.381. The van der Waals surface area contributed by atoms with E-state index >= 15 is 0 Å². The number of carbonyl (C=O) groups is 2. The van der Waals surface area contributed by atoms with E-state index in [1.54, 1.807) is 50.2 Å². The first-order valence-electron chi connectivity index (χ1n) is 12.4. The summed E-state index contributed by atoms with van der Waals surface area (Å²) in [6.07, 6.45) is 0. The van der Waals surface area contributed by atoms with Crippen molar-refractivity contribution < 1.29 is 18.0 Å². The van der Waals surface area contributed by atoms with Crippen LogP contribution >= 0.6 is 11.6 Å². The molecule has 0 unspecified atom stereocenters. The Morgan fingerprint density at radius 3 is 2.21 bits per heavy atom. The second kappa shape index (κ2) is 12.5. The van der Waals surface area contributed by atoms with Crippen LogP contribution in [0, 0.1) is 20.8 Å². The van der Waals surface area contributed by atoms with E-state index in [9.17, 15) is 18.0 Å². The lowest BCUT2D eigenvalue weighted by molar-refractivity contribution is -0.139. The predicted molar refractivity (Wildman–Crippen MR) is 152 cm³/mol. The average molecular weight is 556 g/mol. The Morgan fingerprint density at radius 2 is 1.61 bits per heavy atom. The van der Waals surface area contributed by atoms with Crippen molar-refractivity contribution in [1.29, 1.82) is 0 Å². The van der Waals surface area contributed by atoms with E-state index in [0.717, 1.165) is 21.0 Å². The Balaban J connectivity index is 2.07. The minimum Gasteiger partial charge on any atom is -0.355 e. The van der Waals surface area contributed by atoms with E-state index in [0.29, 0.717) is 22.8 Å². The number of hydrogen-bond donors (Lipinski definition) is 1. The van der Waals surface area contributed by atoms with E-state index in [4.69, 9.17) is 11.6 Å². The van der Waals surface area contributed by atoms with Gasteiger partial charge in [-0.05, 0) is 76.1 Å². The van der Waals surface area contributed by atoms with Crippen LogP contribution in [0.4, 0.5) is 5.69 Å². The van der Waals surface area contributed by atoms with Gasteiger partial charge in [0, 0.05) is 18.1 Å². The Hall–Kier alpha value is -3.36. The topological polar surface area (TPSA) is 86.8 Å². The van der Waals surface area contributed by atoms with E-state index in [-0.39, 0.29) is 17.3 Å². The minimum atomic E-state index is -4.11. The number of benzene rings is 3. The van der Waals surface area contributed by atoms with Gasteiger partial charge < -0.3 is 10.2 Å². The van der Waals surface area contributed by atoms with Crippen LogP contribution in [0.2, 0.25) is 5.02 Å². The molecule has 1 atom stereocenters. The van der Waals surface area contributed by atoms with Crippen molar-refractivity contribution in [2.24, 2.45) is 0 Å². The van der Waals surface area contributed by atoms with E-state index in [1.807, 2.05) is 39.0 Å². The Morgan fingerprint density at radius 1 is 0.947 bits per heavy atom. The van der Waals surface area contributed by atoms with E-state index < -0.39 is 28.5 Å². The smallest absolute Gasteiger partial charge is 0.264 e. The highest BCUT2D eigenvalue weighted by atomic mass is 35.5. The normalized spacial score (nSPS) is 12.1. The van der Waals surface area contributed by atoms with Crippen molar-refractivity contribution in [3.05, 3.63) is 94.0 Å². The molecule has 3 aromatic rings. The summed E-state index contributed by atoms with van der Waals surface area (Å²) in [4.78, 5) is 28.1. The number of halogens is 1. The summed E-state index contributed by atoms with van der Waals surface area (Å²) >= 11 is 6.16. The fraction of sp³-hybridized carbons (Fsp3) is 0.310. The molecule has 0 aliphatic heterocycles. The second-order valence-corrected chi connectivity index (χ2v) is 11.6. The molecule has 38 heavy (non-hydrogen) atoms. The number of carbonyl (C=O) groups excluding carboxylic acids is 2. The van der Waals surface area contributed by atoms with Crippen LogP contribution in [0.25, 0.3) is 0 Å². The first-order valence-corrected chi connectivity index (χ1v) is 14.2. The van der Waals surface area contributed by atoms with Crippen LogP contribution in [0.5, 0.6) is 0 Å². The average Bonchev–Trinajstić information content (AvgIpc) is 2.86. The molecule has 7 nitrogen and oxygen atoms in total. The molecule has 3 aromatic carbocycles. The molecular formula is C29H34ClN3O4S. The molecule has 0 radical (unpaired) electrons. The Kier molecular flexibility index (Phi) is 9.57. The van der Waals surface area contributed by atoms with Crippen LogP contribution in [0.3, 0.4) is 0 Å². The second-order valence-electron chi connectivity index (χ2n) is 9.34. The molecule has 0 spiro atoms. The summed E-state index contributed by atoms with van der Waals surface area (Å²) in [5.41, 5.74) is 3.73. The summed E-state index contributed by atoms with van der Waals surface area (Å²) in [6, 6.07) is 18.1. The lowest BCUT2D eigenvalue weighted by Gasteiger charge is -2.32. The van der Waals surface area contributed by atoms with Crippen LogP contribution in [-0.4, -0.2) is 44.3 Å². The van der Waals surface area contributed by atoms with Crippen molar-refractivity contribution in [3.63, 3.8) is 0 Å². The third kappa shape index (κ3) is 6.94. The predicted octanol–water partition coefficient (Wildman–Crippen LogP) is 5.01. The van der Waals surface area contributed by atoms with Crippen LogP contribution in [0.1, 0.15) is 36.1 Å². The van der Waals surface area contributed by atoms with Gasteiger partial charge >= 0.3 is 0 Å². The van der Waals surface area contributed by atoms with Gasteiger partial charge in [0.05, 0.1) is 10.6 Å². The molecule has 1 N–H and O–H groups in total. The molecular weight excluding hydrogens is 522 g/mol. The number of nitrogens with one attached hydrogen (secondary N) is 1. The maximum atomic E-state index is 13.9. The highest BCUT2D eigenvalue weighted by Gasteiger charge is 2.33. The molecule has 3 rings (SSSR count). The zero-order chi connectivity index (χ0) is 28.0. The number of aryl methyl sites for hydroxylation is 3. The van der Waals surface area contributed by atoms with Gasteiger partial charge in [0.15, 0.2) is 0 Å².